The molecule has 0 spiro atoms. The van der Waals surface area contributed by atoms with Crippen LogP contribution in [0.1, 0.15) is 72.8 Å². The summed E-state index contributed by atoms with van der Waals surface area (Å²) in [5, 5.41) is 12.7. The highest BCUT2D eigenvalue weighted by atomic mass is 32.1. The number of hydrogen-bond donors (Lipinski definition) is 2. The van der Waals surface area contributed by atoms with Crippen molar-refractivity contribution in [1.82, 2.24) is 19.8 Å². The lowest BCUT2D eigenvalue weighted by molar-refractivity contribution is -0.137. The Kier molecular flexibility index (Phi) is 7.04. The Bertz CT molecular complexity index is 1160. The lowest BCUT2D eigenvalue weighted by Gasteiger charge is -2.23. The summed E-state index contributed by atoms with van der Waals surface area (Å²) in [5.41, 5.74) is -1.96. The van der Waals surface area contributed by atoms with E-state index in [1.165, 1.54) is 4.90 Å². The van der Waals surface area contributed by atoms with Gasteiger partial charge in [0.2, 0.25) is 0 Å². The Hall–Kier alpha value is -2.73. The quantitative estimate of drug-likeness (QED) is 0.619. The van der Waals surface area contributed by atoms with Gasteiger partial charge in [-0.15, -0.1) is 11.3 Å². The van der Waals surface area contributed by atoms with Crippen LogP contribution in [0.5, 0.6) is 0 Å². The van der Waals surface area contributed by atoms with Gasteiger partial charge in [-0.1, -0.05) is 0 Å². The zero-order valence-electron chi connectivity index (χ0n) is 20.6. The molecule has 2 aromatic rings. The highest BCUT2D eigenvalue weighted by Crippen LogP contribution is 2.42. The first-order valence-electron chi connectivity index (χ1n) is 11.9. The molecule has 2 aromatic heterocycles. The van der Waals surface area contributed by atoms with Gasteiger partial charge < -0.3 is 20.2 Å². The molecule has 2 saturated heterocycles. The van der Waals surface area contributed by atoms with Crippen LogP contribution in [-0.4, -0.2) is 74.0 Å². The summed E-state index contributed by atoms with van der Waals surface area (Å²) in [4.78, 5) is 38.0. The smallest absolute Gasteiger partial charge is 0.391 e. The molecule has 0 unspecified atom stereocenters. The van der Waals surface area contributed by atoms with Gasteiger partial charge in [-0.25, -0.2) is 9.97 Å². The maximum absolute atomic E-state index is 14.2. The molecule has 0 radical (unpaired) electrons. The third-order valence-corrected chi connectivity index (χ3v) is 7.31. The number of rotatable bonds is 4. The molecule has 2 fully saturated rings. The number of β-amino-alcohol motifs (C(OH)–C–C–N with tert-alkyl or cyclic N) is 1. The molecule has 2 N–H and O–H groups in total. The number of carbonyl (C=O) groups excluding carboxylic acids is 2. The summed E-state index contributed by atoms with van der Waals surface area (Å²) in [6.45, 7) is 8.19. The molecule has 2 aliphatic heterocycles. The van der Waals surface area contributed by atoms with Crippen LogP contribution in [0.4, 0.5) is 19.0 Å². The van der Waals surface area contributed by atoms with E-state index in [1.807, 2.05) is 6.92 Å². The van der Waals surface area contributed by atoms with Crippen molar-refractivity contribution in [3.63, 3.8) is 0 Å². The number of aliphatic hydroxyl groups is 1. The lowest BCUT2D eigenvalue weighted by Crippen LogP contribution is -2.34. The number of carbonyl (C=O) groups is 2. The van der Waals surface area contributed by atoms with Gasteiger partial charge in [0.25, 0.3) is 11.8 Å². The summed E-state index contributed by atoms with van der Waals surface area (Å²) in [6.07, 6.45) is -2.34. The van der Waals surface area contributed by atoms with E-state index >= 15 is 0 Å². The fourth-order valence-corrected chi connectivity index (χ4v) is 5.54. The van der Waals surface area contributed by atoms with E-state index in [9.17, 15) is 27.9 Å². The van der Waals surface area contributed by atoms with Crippen molar-refractivity contribution in [3.05, 3.63) is 28.5 Å². The van der Waals surface area contributed by atoms with Crippen LogP contribution >= 0.6 is 11.3 Å². The molecule has 4 rings (SSSR count). The Labute approximate surface area is 211 Å². The minimum Gasteiger partial charge on any atom is -0.391 e. The molecule has 8 nitrogen and oxygen atoms in total. The number of aromatic nitrogens is 2. The number of likely N-dealkylation sites (tertiary alicyclic amines) is 2. The number of pyridine rings is 1. The highest BCUT2D eigenvalue weighted by molar-refractivity contribution is 7.17. The van der Waals surface area contributed by atoms with Gasteiger partial charge in [0.05, 0.1) is 16.5 Å². The Balaban J connectivity index is 1.83. The molecule has 0 bridgehead atoms. The normalized spacial score (nSPS) is 20.8. The number of hydrogen-bond acceptors (Lipinski definition) is 7. The molecule has 4 heterocycles. The highest BCUT2D eigenvalue weighted by Gasteiger charge is 2.39. The third kappa shape index (κ3) is 5.49. The third-order valence-electron chi connectivity index (χ3n) is 6.23. The maximum atomic E-state index is 14.2. The van der Waals surface area contributed by atoms with Gasteiger partial charge in [-0.2, -0.15) is 13.2 Å². The van der Waals surface area contributed by atoms with Crippen LogP contribution < -0.4 is 5.32 Å². The van der Waals surface area contributed by atoms with Crippen LogP contribution in [-0.2, 0) is 6.18 Å². The number of amides is 2. The average molecular weight is 526 g/mol. The number of aliphatic hydroxyl groups excluding tert-OH is 1. The van der Waals surface area contributed by atoms with E-state index in [2.05, 4.69) is 15.3 Å². The number of nitrogens with zero attached hydrogens (tertiary/aromatic N) is 4. The first-order valence-corrected chi connectivity index (χ1v) is 12.7. The SMILES string of the molecule is C[C@H]1CCCN1C(=O)c1nc(C(=O)N2CC[C@@H](O)C2)sc1-c1cnc(NC(C)(C)C)cc1C(F)(F)F. The fraction of sp³-hybridized carbons (Fsp3) is 0.583. The van der Waals surface area contributed by atoms with Crippen molar-refractivity contribution >= 4 is 29.0 Å². The standard InChI is InChI=1S/C24H30F3N5O3S/c1-13-6-5-8-32(13)21(34)18-19(36-20(29-18)22(35)31-9-7-14(33)12-31)15-11-28-17(30-23(2,3)4)10-16(15)24(25,26)27/h10-11,13-14,33H,5-9,12H2,1-4H3,(H,28,30)/t13-,14+/m0/s1. The van der Waals surface area contributed by atoms with Gasteiger partial charge in [0.15, 0.2) is 5.01 Å². The number of nitrogens with one attached hydrogen (secondary N) is 1. The molecule has 2 aliphatic rings. The summed E-state index contributed by atoms with van der Waals surface area (Å²) in [5.74, 6) is -0.970. The zero-order valence-corrected chi connectivity index (χ0v) is 21.5. The van der Waals surface area contributed by atoms with Gasteiger partial charge in [-0.05, 0) is 53.0 Å². The topological polar surface area (TPSA) is 98.7 Å². The average Bonchev–Trinajstić information content (AvgIpc) is 3.50. The van der Waals surface area contributed by atoms with Crippen molar-refractivity contribution in [1.29, 1.82) is 0 Å². The van der Waals surface area contributed by atoms with Crippen molar-refractivity contribution in [2.45, 2.75) is 70.8 Å². The molecule has 0 aromatic carbocycles. The fourth-order valence-electron chi connectivity index (χ4n) is 4.50. The molecule has 36 heavy (non-hydrogen) atoms. The summed E-state index contributed by atoms with van der Waals surface area (Å²) in [7, 11) is 0. The minimum atomic E-state index is -4.74. The molecule has 0 saturated carbocycles. The molecule has 0 aliphatic carbocycles. The van der Waals surface area contributed by atoms with E-state index in [4.69, 9.17) is 0 Å². The summed E-state index contributed by atoms with van der Waals surface area (Å²) < 4.78 is 42.7. The van der Waals surface area contributed by atoms with Crippen LogP contribution in [0.3, 0.4) is 0 Å². The van der Waals surface area contributed by atoms with E-state index in [0.29, 0.717) is 19.5 Å². The summed E-state index contributed by atoms with van der Waals surface area (Å²) >= 11 is 0.755. The predicted molar refractivity (Wildman–Crippen MR) is 130 cm³/mol. The largest absolute Gasteiger partial charge is 0.417 e. The molecule has 196 valence electrons. The van der Waals surface area contributed by atoms with E-state index in [0.717, 1.165) is 36.4 Å². The number of alkyl halides is 3. The predicted octanol–water partition coefficient (Wildman–Crippen LogP) is 4.27. The van der Waals surface area contributed by atoms with Crippen molar-refractivity contribution < 1.29 is 27.9 Å². The molecule has 2 amide bonds. The van der Waals surface area contributed by atoms with Crippen LogP contribution in [0, 0.1) is 0 Å². The first kappa shape index (κ1) is 26.3. The van der Waals surface area contributed by atoms with E-state index in [1.54, 1.807) is 25.7 Å². The molecular formula is C24H30F3N5O3S. The first-order chi connectivity index (χ1) is 16.7. The summed E-state index contributed by atoms with van der Waals surface area (Å²) in [6, 6.07) is 0.837. The van der Waals surface area contributed by atoms with Crippen LogP contribution in [0.25, 0.3) is 10.4 Å². The Morgan fingerprint density at radius 1 is 1.17 bits per heavy atom. The van der Waals surface area contributed by atoms with Gasteiger partial charge in [0.1, 0.15) is 11.5 Å². The second kappa shape index (κ2) is 9.62. The number of halogens is 3. The molecule has 2 atom stereocenters. The maximum Gasteiger partial charge on any atom is 0.417 e. The minimum absolute atomic E-state index is 0.0377. The molecule has 12 heteroatoms. The monoisotopic (exact) mass is 525 g/mol. The van der Waals surface area contributed by atoms with Gasteiger partial charge >= 0.3 is 6.18 Å². The van der Waals surface area contributed by atoms with E-state index in [-0.39, 0.29) is 39.5 Å². The second-order valence-electron chi connectivity index (χ2n) is 10.4. The van der Waals surface area contributed by atoms with Gasteiger partial charge in [0, 0.05) is 43.0 Å². The Morgan fingerprint density at radius 2 is 1.89 bits per heavy atom. The number of anilines is 1. The Morgan fingerprint density at radius 3 is 2.44 bits per heavy atom. The lowest BCUT2D eigenvalue weighted by atomic mass is 10.1. The van der Waals surface area contributed by atoms with Crippen LogP contribution in [0.15, 0.2) is 12.3 Å². The van der Waals surface area contributed by atoms with Gasteiger partial charge in [-0.3, -0.25) is 9.59 Å². The van der Waals surface area contributed by atoms with Crippen LogP contribution in [0.2, 0.25) is 0 Å². The van der Waals surface area contributed by atoms with Crippen molar-refractivity contribution in [2.24, 2.45) is 0 Å². The van der Waals surface area contributed by atoms with Crippen molar-refractivity contribution in [3.8, 4) is 10.4 Å². The number of thiazole rings is 1. The van der Waals surface area contributed by atoms with Crippen molar-refractivity contribution in [2.75, 3.05) is 25.0 Å². The zero-order chi connectivity index (χ0) is 26.4. The second-order valence-corrected chi connectivity index (χ2v) is 11.4. The van der Waals surface area contributed by atoms with E-state index < -0.39 is 35.2 Å². The molecular weight excluding hydrogens is 495 g/mol.